The third kappa shape index (κ3) is 3.85. The molecule has 0 amide bonds. The van der Waals surface area contributed by atoms with Crippen molar-refractivity contribution in [2.45, 2.75) is 31.8 Å². The van der Waals surface area contributed by atoms with Gasteiger partial charge in [-0.25, -0.2) is 0 Å². The molecule has 1 saturated heterocycles. The fraction of sp³-hybridized carbons (Fsp3) is 0.316. The molecule has 3 atom stereocenters. The molecule has 1 aliphatic heterocycles. The molecule has 2 N–H and O–H groups in total. The van der Waals surface area contributed by atoms with Crippen molar-refractivity contribution in [2.24, 2.45) is 5.92 Å². The minimum Gasteiger partial charge on any atom is -0.333 e. The summed E-state index contributed by atoms with van der Waals surface area (Å²) >= 11 is 0. The highest BCUT2D eigenvalue weighted by Crippen LogP contribution is 2.32. The molecule has 8 nitrogen and oxygen atoms in total. The Morgan fingerprint density at radius 2 is 1.41 bits per heavy atom. The van der Waals surface area contributed by atoms with Gasteiger partial charge in [0.1, 0.15) is 17.9 Å². The monoisotopic (exact) mass is 370 g/mol. The van der Waals surface area contributed by atoms with Gasteiger partial charge in [-0.2, -0.15) is 0 Å². The molecule has 1 fully saturated rings. The van der Waals surface area contributed by atoms with Crippen LogP contribution in [0, 0.1) is 26.1 Å². The normalized spacial score (nSPS) is 22.4. The van der Waals surface area contributed by atoms with Crippen molar-refractivity contribution < 1.29 is 20.0 Å². The van der Waals surface area contributed by atoms with E-state index in [1.54, 1.807) is 24.3 Å². The molecule has 1 aliphatic rings. The fourth-order valence-corrected chi connectivity index (χ4v) is 3.74. The van der Waals surface area contributed by atoms with Crippen molar-refractivity contribution in [1.29, 1.82) is 0 Å². The highest BCUT2D eigenvalue weighted by molar-refractivity contribution is 5.82. The molecule has 1 heterocycles. The lowest BCUT2D eigenvalue weighted by atomic mass is 9.79. The van der Waals surface area contributed by atoms with E-state index in [1.165, 1.54) is 24.3 Å². The maximum atomic E-state index is 12.7. The first-order valence-electron chi connectivity index (χ1n) is 8.77. The summed E-state index contributed by atoms with van der Waals surface area (Å²) in [5, 5.41) is 23.8. The van der Waals surface area contributed by atoms with Crippen LogP contribution >= 0.6 is 0 Å². The van der Waals surface area contributed by atoms with Crippen LogP contribution < -0.4 is 5.32 Å². The topological polar surface area (TPSA) is 120 Å². The van der Waals surface area contributed by atoms with E-state index in [4.69, 9.17) is 0 Å². The Kier molecular flexibility index (Phi) is 5.27. The summed E-state index contributed by atoms with van der Waals surface area (Å²) in [6.07, 6.45) is 1.05. The SMILES string of the molecule is CC[C@H]1C(=O)C[C@@H](c2ccc([N+](=O)[O-])cc2)[NH2+][C@@H]1c1ccc([N+](=O)[O-])cc1. The molecule has 2 aromatic rings. The predicted molar refractivity (Wildman–Crippen MR) is 97.0 cm³/mol. The second-order valence-electron chi connectivity index (χ2n) is 6.71. The molecule has 8 heteroatoms. The molecule has 0 radical (unpaired) electrons. The average Bonchev–Trinajstić information content (AvgIpc) is 2.67. The number of Topliss-reactive ketones (excluding diaryl/α,β-unsaturated/α-hetero) is 1. The van der Waals surface area contributed by atoms with Crippen molar-refractivity contribution in [3.8, 4) is 0 Å². The van der Waals surface area contributed by atoms with Gasteiger partial charge < -0.3 is 5.32 Å². The number of nitro benzene ring substituents is 2. The van der Waals surface area contributed by atoms with Crippen molar-refractivity contribution >= 4 is 17.2 Å². The number of ketones is 1. The van der Waals surface area contributed by atoms with E-state index in [2.05, 4.69) is 5.32 Å². The second-order valence-corrected chi connectivity index (χ2v) is 6.71. The first-order valence-corrected chi connectivity index (χ1v) is 8.77. The molecule has 0 saturated carbocycles. The molecule has 2 aromatic carbocycles. The van der Waals surface area contributed by atoms with Crippen LogP contribution in [0.4, 0.5) is 11.4 Å². The molecule has 0 aliphatic carbocycles. The Morgan fingerprint density at radius 1 is 0.926 bits per heavy atom. The van der Waals surface area contributed by atoms with Crippen LogP contribution in [0.1, 0.15) is 43.0 Å². The van der Waals surface area contributed by atoms with Crippen LogP contribution in [0.2, 0.25) is 0 Å². The standard InChI is InChI=1S/C19H19N3O5/c1-2-16-18(23)11-17(12-3-7-14(8-4-12)21(24)25)20-19(16)13-5-9-15(10-6-13)22(26)27/h3-10,16-17,19-20H,2,11H2,1H3/p+1/t16-,17-,19+/m0/s1. The Bertz CT molecular complexity index is 864. The van der Waals surface area contributed by atoms with Gasteiger partial charge in [-0.1, -0.05) is 6.92 Å². The highest BCUT2D eigenvalue weighted by atomic mass is 16.6. The van der Waals surface area contributed by atoms with Crippen LogP contribution in [0.25, 0.3) is 0 Å². The van der Waals surface area contributed by atoms with E-state index in [1.807, 2.05) is 6.92 Å². The zero-order valence-electron chi connectivity index (χ0n) is 14.8. The van der Waals surface area contributed by atoms with Crippen molar-refractivity contribution in [1.82, 2.24) is 0 Å². The lowest BCUT2D eigenvalue weighted by molar-refractivity contribution is -0.743. The maximum absolute atomic E-state index is 12.7. The number of carbonyl (C=O) groups is 1. The van der Waals surface area contributed by atoms with E-state index < -0.39 is 9.85 Å². The number of hydrogen-bond acceptors (Lipinski definition) is 5. The van der Waals surface area contributed by atoms with E-state index in [-0.39, 0.29) is 35.2 Å². The van der Waals surface area contributed by atoms with Gasteiger partial charge in [0.05, 0.1) is 22.2 Å². The van der Waals surface area contributed by atoms with Crippen LogP contribution in [-0.4, -0.2) is 15.6 Å². The largest absolute Gasteiger partial charge is 0.333 e. The molecular formula is C19H20N3O5+. The summed E-state index contributed by atoms with van der Waals surface area (Å²) in [6, 6.07) is 12.3. The Labute approximate surface area is 155 Å². The third-order valence-electron chi connectivity index (χ3n) is 5.17. The number of nitrogens with two attached hydrogens (primary N) is 1. The van der Waals surface area contributed by atoms with Gasteiger partial charge in [0.2, 0.25) is 0 Å². The summed E-state index contributed by atoms with van der Waals surface area (Å²) in [5.41, 5.74) is 1.75. The van der Waals surface area contributed by atoms with Gasteiger partial charge in [0.25, 0.3) is 11.4 Å². The summed E-state index contributed by atoms with van der Waals surface area (Å²) < 4.78 is 0. The number of piperidine rings is 1. The molecule has 0 bridgehead atoms. The molecule has 0 unspecified atom stereocenters. The summed E-state index contributed by atoms with van der Waals surface area (Å²) in [7, 11) is 0. The van der Waals surface area contributed by atoms with Crippen molar-refractivity contribution in [2.75, 3.05) is 0 Å². The van der Waals surface area contributed by atoms with Crippen LogP contribution in [-0.2, 0) is 4.79 Å². The van der Waals surface area contributed by atoms with Crippen LogP contribution in [0.3, 0.4) is 0 Å². The van der Waals surface area contributed by atoms with Gasteiger partial charge in [-0.3, -0.25) is 25.0 Å². The first kappa shape index (κ1) is 18.7. The number of non-ortho nitro benzene ring substituents is 2. The van der Waals surface area contributed by atoms with Gasteiger partial charge in [0, 0.05) is 35.4 Å². The van der Waals surface area contributed by atoms with E-state index in [0.29, 0.717) is 12.8 Å². The smallest absolute Gasteiger partial charge is 0.269 e. The predicted octanol–water partition coefficient (Wildman–Crippen LogP) is 2.85. The van der Waals surface area contributed by atoms with Crippen LogP contribution in [0.15, 0.2) is 48.5 Å². The fourth-order valence-electron chi connectivity index (χ4n) is 3.74. The summed E-state index contributed by atoms with van der Waals surface area (Å²) in [5.74, 6) is -0.0209. The third-order valence-corrected chi connectivity index (χ3v) is 5.17. The second kappa shape index (κ2) is 7.63. The zero-order chi connectivity index (χ0) is 19.6. The van der Waals surface area contributed by atoms with Gasteiger partial charge in [-0.15, -0.1) is 0 Å². The molecule has 27 heavy (non-hydrogen) atoms. The lowest BCUT2D eigenvalue weighted by Gasteiger charge is -2.33. The average molecular weight is 370 g/mol. The Hall–Kier alpha value is -3.13. The number of hydrogen-bond donors (Lipinski definition) is 1. The quantitative estimate of drug-likeness (QED) is 0.641. The molecule has 140 valence electrons. The number of carbonyl (C=O) groups excluding carboxylic acids is 1. The van der Waals surface area contributed by atoms with E-state index >= 15 is 0 Å². The number of benzene rings is 2. The summed E-state index contributed by atoms with van der Waals surface area (Å²) in [6.45, 7) is 1.96. The molecule has 0 aromatic heterocycles. The van der Waals surface area contributed by atoms with Crippen LogP contribution in [0.5, 0.6) is 0 Å². The molecular weight excluding hydrogens is 350 g/mol. The maximum Gasteiger partial charge on any atom is 0.269 e. The van der Waals surface area contributed by atoms with Gasteiger partial charge in [-0.05, 0) is 30.7 Å². The lowest BCUT2D eigenvalue weighted by Crippen LogP contribution is -2.90. The number of nitrogens with zero attached hydrogens (tertiary/aromatic N) is 2. The number of rotatable bonds is 5. The van der Waals surface area contributed by atoms with Crippen molar-refractivity contribution in [3.63, 3.8) is 0 Å². The molecule has 3 rings (SSSR count). The van der Waals surface area contributed by atoms with Gasteiger partial charge in [0.15, 0.2) is 0 Å². The number of nitro groups is 2. The number of quaternary nitrogens is 1. The van der Waals surface area contributed by atoms with E-state index in [9.17, 15) is 25.0 Å². The zero-order valence-corrected chi connectivity index (χ0v) is 14.8. The minimum atomic E-state index is -0.452. The summed E-state index contributed by atoms with van der Waals surface area (Å²) in [4.78, 5) is 33.5. The molecule has 0 spiro atoms. The van der Waals surface area contributed by atoms with Gasteiger partial charge >= 0.3 is 0 Å². The first-order chi connectivity index (χ1) is 12.9. The van der Waals surface area contributed by atoms with E-state index in [0.717, 1.165) is 11.1 Å². The van der Waals surface area contributed by atoms with Crippen molar-refractivity contribution in [3.05, 3.63) is 79.9 Å². The highest BCUT2D eigenvalue weighted by Gasteiger charge is 2.40. The Balaban J connectivity index is 1.88. The Morgan fingerprint density at radius 3 is 1.85 bits per heavy atom. The minimum absolute atomic E-state index is 0.0132.